The molecular weight excluding hydrogens is 340 g/mol. The molecule has 0 saturated carbocycles. The molecule has 1 aromatic carbocycles. The van der Waals surface area contributed by atoms with Gasteiger partial charge in [-0.2, -0.15) is 0 Å². The molecule has 118 valence electrons. The molecule has 0 N–H and O–H groups in total. The van der Waals surface area contributed by atoms with Crippen LogP contribution in [0, 0.1) is 45.1 Å². The quantitative estimate of drug-likeness (QED) is 0.344. The third-order valence-electron chi connectivity index (χ3n) is 1.38. The van der Waals surface area contributed by atoms with Crippen LogP contribution in [-0.4, -0.2) is 13.2 Å². The largest absolute Gasteiger partial charge is 0 e. The van der Waals surface area contributed by atoms with E-state index < -0.39 is 0 Å². The molecule has 0 aliphatic carbocycles. The van der Waals surface area contributed by atoms with Crippen LogP contribution in [0.4, 0.5) is 0 Å². The first-order valence-electron chi connectivity index (χ1n) is 5.07. The van der Waals surface area contributed by atoms with Crippen LogP contribution in [-0.2, 0) is 45.4 Å². The molecular formula is C16H12CrO6. The van der Waals surface area contributed by atoms with Gasteiger partial charge in [-0.05, 0) is 19.1 Å². The summed E-state index contributed by atoms with van der Waals surface area (Å²) >= 11 is 0. The van der Waals surface area contributed by atoms with Gasteiger partial charge >= 0.3 is 56.5 Å². The predicted molar refractivity (Wildman–Crippen MR) is 69.5 cm³/mol. The van der Waals surface area contributed by atoms with E-state index in [1.165, 1.54) is 0 Å². The van der Waals surface area contributed by atoms with Gasteiger partial charge in [-0.15, -0.1) is 0 Å². The maximum atomic E-state index is 7.50. The Morgan fingerprint density at radius 2 is 1.22 bits per heavy atom. The van der Waals surface area contributed by atoms with E-state index in [0.717, 1.165) is 12.2 Å². The molecule has 0 spiro atoms. The van der Waals surface area contributed by atoms with Gasteiger partial charge in [0.05, 0.1) is 0 Å². The van der Waals surface area contributed by atoms with Crippen LogP contribution in [0.3, 0.4) is 0 Å². The number of rotatable bonds is 2. The molecule has 6 nitrogen and oxygen atoms in total. The van der Waals surface area contributed by atoms with Crippen molar-refractivity contribution >= 4 is 0 Å². The van der Waals surface area contributed by atoms with E-state index in [1.807, 2.05) is 37.3 Å². The Balaban J connectivity index is -0.0000000565. The standard InChI is InChI=1S/C11H12O.5CO.Cr/c1-2-12-10-6-9-11-7-4-3-5-8-11;5*1-2;/h3-5,7-8H,2,10H2,1H3;;;;;;. The Morgan fingerprint density at radius 3 is 1.57 bits per heavy atom. The Morgan fingerprint density at radius 1 is 0.826 bits per heavy atom. The van der Waals surface area contributed by atoms with Crippen molar-refractivity contribution < 1.29 is 45.4 Å². The summed E-state index contributed by atoms with van der Waals surface area (Å²) in [5.41, 5.74) is 1.04. The van der Waals surface area contributed by atoms with Crippen molar-refractivity contribution in [2.24, 2.45) is 0 Å². The average molecular weight is 352 g/mol. The Kier molecular flexibility index (Phi) is 96.9. The summed E-state index contributed by atoms with van der Waals surface area (Å²) in [5.74, 6) is 5.93. The fourth-order valence-corrected chi connectivity index (χ4v) is 0.813. The zero-order valence-electron chi connectivity index (χ0n) is 12.2. The first kappa shape index (κ1) is 37.3. The van der Waals surface area contributed by atoms with Gasteiger partial charge < -0.3 is 4.74 Å². The van der Waals surface area contributed by atoms with Gasteiger partial charge in [0.25, 0.3) is 0 Å². The minimum absolute atomic E-state index is 0. The van der Waals surface area contributed by atoms with Crippen molar-refractivity contribution in [2.75, 3.05) is 13.2 Å². The number of ether oxygens (including phenoxy) is 1. The van der Waals surface area contributed by atoms with E-state index in [-0.39, 0.29) is 17.4 Å². The van der Waals surface area contributed by atoms with Crippen molar-refractivity contribution in [3.8, 4) is 11.8 Å². The van der Waals surface area contributed by atoms with E-state index in [2.05, 4.69) is 45.1 Å². The van der Waals surface area contributed by atoms with Crippen molar-refractivity contribution in [3.05, 3.63) is 69.1 Å². The van der Waals surface area contributed by atoms with E-state index in [9.17, 15) is 0 Å². The fourth-order valence-electron chi connectivity index (χ4n) is 0.813. The SMILES string of the molecule is CCOCC#Cc1ccccc1.[C-]#[O+].[C-]#[O+].[C-]#[O+].[C-]#[O+].[C-]#[O+].[Cr]. The zero-order valence-corrected chi connectivity index (χ0v) is 13.4. The monoisotopic (exact) mass is 352 g/mol. The maximum Gasteiger partial charge on any atom is 0 e. The summed E-state index contributed by atoms with van der Waals surface area (Å²) in [7, 11) is 0. The topological polar surface area (TPSA) is 109 Å². The Bertz CT molecular complexity index is 428. The minimum Gasteiger partial charge on any atom is 0 e. The second kappa shape index (κ2) is 59.7. The molecule has 0 heterocycles. The van der Waals surface area contributed by atoms with Crippen LogP contribution >= 0.6 is 0 Å². The van der Waals surface area contributed by atoms with E-state index >= 15 is 0 Å². The van der Waals surface area contributed by atoms with Gasteiger partial charge in [0, 0.05) is 29.5 Å². The Hall–Kier alpha value is -2.03. The molecule has 0 bridgehead atoms. The van der Waals surface area contributed by atoms with Crippen LogP contribution in [0.15, 0.2) is 30.3 Å². The Labute approximate surface area is 146 Å². The number of benzene rings is 1. The fraction of sp³-hybridized carbons (Fsp3) is 0.188. The number of hydrogen-bond acceptors (Lipinski definition) is 1. The molecule has 0 fully saturated rings. The third-order valence-corrected chi connectivity index (χ3v) is 1.38. The zero-order chi connectivity index (χ0) is 18.6. The van der Waals surface area contributed by atoms with Gasteiger partial charge in [-0.1, -0.05) is 30.0 Å². The van der Waals surface area contributed by atoms with Crippen molar-refractivity contribution in [1.82, 2.24) is 0 Å². The first-order valence-corrected chi connectivity index (χ1v) is 5.07. The molecule has 0 radical (unpaired) electrons. The summed E-state index contributed by atoms with van der Waals surface area (Å²) in [4.78, 5) is 0. The van der Waals surface area contributed by atoms with Crippen molar-refractivity contribution in [2.45, 2.75) is 6.92 Å². The van der Waals surface area contributed by atoms with E-state index in [4.69, 9.17) is 28.0 Å². The van der Waals surface area contributed by atoms with Gasteiger partial charge in [0.1, 0.15) is 6.61 Å². The van der Waals surface area contributed by atoms with Crippen LogP contribution in [0.1, 0.15) is 12.5 Å². The van der Waals surface area contributed by atoms with Gasteiger partial charge in [0.15, 0.2) is 0 Å². The molecule has 0 atom stereocenters. The average Bonchev–Trinajstić information content (AvgIpc) is 2.68. The molecule has 1 aromatic rings. The third kappa shape index (κ3) is 45.0. The predicted octanol–water partition coefficient (Wildman–Crippen LogP) is 1.88. The van der Waals surface area contributed by atoms with Crippen molar-refractivity contribution in [3.63, 3.8) is 0 Å². The molecule has 7 heteroatoms. The van der Waals surface area contributed by atoms with Crippen molar-refractivity contribution in [1.29, 1.82) is 0 Å². The van der Waals surface area contributed by atoms with E-state index in [0.29, 0.717) is 6.61 Å². The molecule has 0 aromatic heterocycles. The first-order chi connectivity index (χ1) is 10.9. The van der Waals surface area contributed by atoms with Crippen LogP contribution in [0.5, 0.6) is 0 Å². The molecule has 0 saturated heterocycles. The minimum atomic E-state index is 0. The van der Waals surface area contributed by atoms with Gasteiger partial charge in [-0.3, -0.25) is 0 Å². The van der Waals surface area contributed by atoms with Gasteiger partial charge in [-0.25, -0.2) is 0 Å². The summed E-state index contributed by atoms with van der Waals surface area (Å²) in [6.45, 7) is 25.7. The summed E-state index contributed by atoms with van der Waals surface area (Å²) in [6, 6.07) is 9.90. The molecule has 0 aliphatic heterocycles. The second-order valence-corrected chi connectivity index (χ2v) is 2.30. The summed E-state index contributed by atoms with van der Waals surface area (Å²) in [6.07, 6.45) is 0. The van der Waals surface area contributed by atoms with Crippen LogP contribution < -0.4 is 0 Å². The molecule has 0 amide bonds. The van der Waals surface area contributed by atoms with Gasteiger partial charge in [0.2, 0.25) is 0 Å². The van der Waals surface area contributed by atoms with Crippen LogP contribution in [0.25, 0.3) is 0 Å². The molecule has 23 heavy (non-hydrogen) atoms. The summed E-state index contributed by atoms with van der Waals surface area (Å²) < 4.78 is 42.6. The number of hydrogen-bond donors (Lipinski definition) is 0. The van der Waals surface area contributed by atoms with E-state index in [1.54, 1.807) is 0 Å². The summed E-state index contributed by atoms with van der Waals surface area (Å²) in [5, 5.41) is 0. The second-order valence-electron chi connectivity index (χ2n) is 2.30. The molecule has 0 aliphatic rings. The van der Waals surface area contributed by atoms with Crippen LogP contribution in [0.2, 0.25) is 0 Å². The molecule has 1 rings (SSSR count). The normalized spacial score (nSPS) is 5.00. The molecule has 0 unspecified atom stereocenters. The smallest absolute Gasteiger partial charge is 0 e. The maximum absolute atomic E-state index is 7.50.